The number of benzene rings is 2. The van der Waals surface area contributed by atoms with Gasteiger partial charge in [0.2, 0.25) is 0 Å². The Morgan fingerprint density at radius 1 is 0.842 bits per heavy atom. The lowest BCUT2D eigenvalue weighted by Crippen LogP contribution is -2.07. The summed E-state index contributed by atoms with van der Waals surface area (Å²) in [5, 5.41) is 0. The minimum Gasteiger partial charge on any atom is -0.307 e. The van der Waals surface area contributed by atoms with Crippen molar-refractivity contribution in [1.82, 2.24) is 4.37 Å². The predicted octanol–water partition coefficient (Wildman–Crippen LogP) is 3.76. The van der Waals surface area contributed by atoms with Gasteiger partial charge < -0.3 is 5.43 Å². The maximum absolute atomic E-state index is 5.57. The minimum atomic E-state index is 0.718. The molecule has 0 aliphatic carbocycles. The van der Waals surface area contributed by atoms with Gasteiger partial charge in [-0.15, -0.1) is 0 Å². The molecule has 0 spiro atoms. The van der Waals surface area contributed by atoms with Crippen LogP contribution in [0.15, 0.2) is 60.7 Å². The number of hydrazine groups is 1. The summed E-state index contributed by atoms with van der Waals surface area (Å²) < 4.78 is 4.39. The molecule has 2 aromatic carbocycles. The lowest BCUT2D eigenvalue weighted by atomic mass is 10.0. The van der Waals surface area contributed by atoms with Gasteiger partial charge in [-0.2, -0.15) is 4.37 Å². The SMILES string of the molecule is NNc1nsc(-c2ccccc2)c1-c1ccccc1. The Kier molecular flexibility index (Phi) is 3.27. The Morgan fingerprint density at radius 3 is 2.00 bits per heavy atom. The number of hydrogen-bond donors (Lipinski definition) is 2. The Morgan fingerprint density at radius 2 is 1.42 bits per heavy atom. The number of anilines is 1. The quantitative estimate of drug-likeness (QED) is 0.561. The molecule has 94 valence electrons. The largest absolute Gasteiger partial charge is 0.307 e. The molecule has 0 aliphatic rings. The summed E-state index contributed by atoms with van der Waals surface area (Å²) in [6.07, 6.45) is 0. The molecule has 1 heterocycles. The third kappa shape index (κ3) is 2.23. The third-order valence-corrected chi connectivity index (χ3v) is 3.82. The van der Waals surface area contributed by atoms with E-state index in [2.05, 4.69) is 34.1 Å². The van der Waals surface area contributed by atoms with Gasteiger partial charge in [-0.3, -0.25) is 0 Å². The molecule has 3 N–H and O–H groups in total. The Hall–Kier alpha value is -2.17. The molecule has 0 bridgehead atoms. The first-order valence-electron chi connectivity index (χ1n) is 5.97. The number of rotatable bonds is 3. The smallest absolute Gasteiger partial charge is 0.162 e. The van der Waals surface area contributed by atoms with E-state index in [9.17, 15) is 0 Å². The van der Waals surface area contributed by atoms with Crippen LogP contribution in [0, 0.1) is 0 Å². The highest BCUT2D eigenvalue weighted by atomic mass is 32.1. The molecule has 0 atom stereocenters. The molecule has 3 rings (SSSR count). The number of nitrogens with two attached hydrogens (primary N) is 1. The Labute approximate surface area is 115 Å². The van der Waals surface area contributed by atoms with Crippen molar-refractivity contribution in [1.29, 1.82) is 0 Å². The maximum atomic E-state index is 5.57. The summed E-state index contributed by atoms with van der Waals surface area (Å²) >= 11 is 1.46. The second kappa shape index (κ2) is 5.22. The molecule has 0 aliphatic heterocycles. The van der Waals surface area contributed by atoms with E-state index in [0.717, 1.165) is 27.4 Å². The van der Waals surface area contributed by atoms with Gasteiger partial charge in [-0.25, -0.2) is 5.84 Å². The van der Waals surface area contributed by atoms with Crippen molar-refractivity contribution in [2.75, 3.05) is 5.43 Å². The van der Waals surface area contributed by atoms with Gasteiger partial charge in [0.05, 0.1) is 4.88 Å². The van der Waals surface area contributed by atoms with Gasteiger partial charge in [-0.1, -0.05) is 60.7 Å². The summed E-state index contributed by atoms with van der Waals surface area (Å²) in [5.41, 5.74) is 6.01. The monoisotopic (exact) mass is 267 g/mol. The number of nitrogen functional groups attached to an aromatic ring is 1. The fraction of sp³-hybridized carbons (Fsp3) is 0. The van der Waals surface area contributed by atoms with Crippen molar-refractivity contribution < 1.29 is 0 Å². The van der Waals surface area contributed by atoms with Crippen LogP contribution in [0.25, 0.3) is 21.6 Å². The Balaban J connectivity index is 2.20. The molecule has 4 heteroatoms. The summed E-state index contributed by atoms with van der Waals surface area (Å²) in [5.74, 6) is 6.29. The van der Waals surface area contributed by atoms with Crippen LogP contribution < -0.4 is 11.3 Å². The van der Waals surface area contributed by atoms with Crippen molar-refractivity contribution in [3.8, 4) is 21.6 Å². The molecule has 0 unspecified atom stereocenters. The number of nitrogens with zero attached hydrogens (tertiary/aromatic N) is 1. The van der Waals surface area contributed by atoms with E-state index in [0.29, 0.717) is 0 Å². The molecule has 3 aromatic rings. The van der Waals surface area contributed by atoms with E-state index in [1.807, 2.05) is 36.4 Å². The molecule has 0 fully saturated rings. The summed E-state index contributed by atoms with van der Waals surface area (Å²) in [4.78, 5) is 1.12. The van der Waals surface area contributed by atoms with Crippen molar-refractivity contribution >= 4 is 17.4 Å². The van der Waals surface area contributed by atoms with E-state index < -0.39 is 0 Å². The average molecular weight is 267 g/mol. The second-order valence-corrected chi connectivity index (χ2v) is 4.89. The molecule has 0 amide bonds. The van der Waals surface area contributed by atoms with Gasteiger partial charge >= 0.3 is 0 Å². The first-order valence-corrected chi connectivity index (χ1v) is 6.74. The van der Waals surface area contributed by atoms with Crippen molar-refractivity contribution in [3.63, 3.8) is 0 Å². The molecule has 1 aromatic heterocycles. The predicted molar refractivity (Wildman–Crippen MR) is 80.8 cm³/mol. The molecule has 0 saturated heterocycles. The second-order valence-electron chi connectivity index (χ2n) is 4.11. The van der Waals surface area contributed by atoms with Crippen LogP contribution in [-0.2, 0) is 0 Å². The van der Waals surface area contributed by atoms with E-state index in [4.69, 9.17) is 5.84 Å². The van der Waals surface area contributed by atoms with E-state index in [1.54, 1.807) is 0 Å². The van der Waals surface area contributed by atoms with Gasteiger partial charge in [0.15, 0.2) is 5.82 Å². The van der Waals surface area contributed by atoms with Crippen LogP contribution in [0.5, 0.6) is 0 Å². The fourth-order valence-electron chi connectivity index (χ4n) is 2.05. The first-order chi connectivity index (χ1) is 9.40. The third-order valence-electron chi connectivity index (χ3n) is 2.93. The lowest BCUT2D eigenvalue weighted by Gasteiger charge is -2.06. The standard InChI is InChI=1S/C15H13N3S/c16-17-15-13(11-7-3-1-4-8-11)14(19-18-15)12-9-5-2-6-10-12/h1-10H,16H2,(H,17,18). The van der Waals surface area contributed by atoms with Crippen LogP contribution in [0.3, 0.4) is 0 Å². The van der Waals surface area contributed by atoms with Crippen LogP contribution in [0.2, 0.25) is 0 Å². The molecule has 0 saturated carbocycles. The summed E-state index contributed by atoms with van der Waals surface area (Å²) in [7, 11) is 0. The van der Waals surface area contributed by atoms with Gasteiger partial charge in [-0.05, 0) is 22.7 Å². The van der Waals surface area contributed by atoms with Crippen LogP contribution in [0.4, 0.5) is 5.82 Å². The minimum absolute atomic E-state index is 0.718. The normalized spacial score (nSPS) is 10.4. The van der Waals surface area contributed by atoms with Crippen LogP contribution in [-0.4, -0.2) is 4.37 Å². The molecule has 19 heavy (non-hydrogen) atoms. The highest BCUT2D eigenvalue weighted by molar-refractivity contribution is 7.10. The molecular weight excluding hydrogens is 254 g/mol. The summed E-state index contributed by atoms with van der Waals surface area (Å²) in [6.45, 7) is 0. The number of hydrogen-bond acceptors (Lipinski definition) is 4. The number of nitrogens with one attached hydrogen (secondary N) is 1. The lowest BCUT2D eigenvalue weighted by molar-refractivity contribution is 1.31. The molecular formula is C15H13N3S. The zero-order valence-electron chi connectivity index (χ0n) is 10.2. The van der Waals surface area contributed by atoms with E-state index >= 15 is 0 Å². The van der Waals surface area contributed by atoms with Gasteiger partial charge in [0, 0.05) is 5.56 Å². The first kappa shape index (κ1) is 11.9. The zero-order valence-corrected chi connectivity index (χ0v) is 11.0. The zero-order chi connectivity index (χ0) is 13.1. The maximum Gasteiger partial charge on any atom is 0.162 e. The number of aromatic nitrogens is 1. The Bertz CT molecular complexity index is 662. The van der Waals surface area contributed by atoms with Crippen molar-refractivity contribution in [3.05, 3.63) is 60.7 Å². The molecule has 0 radical (unpaired) electrons. The summed E-state index contributed by atoms with van der Waals surface area (Å²) in [6, 6.07) is 20.4. The van der Waals surface area contributed by atoms with Crippen LogP contribution in [0.1, 0.15) is 0 Å². The highest BCUT2D eigenvalue weighted by Crippen LogP contribution is 2.40. The highest BCUT2D eigenvalue weighted by Gasteiger charge is 2.15. The van der Waals surface area contributed by atoms with Gasteiger partial charge in [0.25, 0.3) is 0 Å². The van der Waals surface area contributed by atoms with E-state index in [-0.39, 0.29) is 0 Å². The van der Waals surface area contributed by atoms with Crippen molar-refractivity contribution in [2.45, 2.75) is 0 Å². The van der Waals surface area contributed by atoms with Crippen molar-refractivity contribution in [2.24, 2.45) is 5.84 Å². The van der Waals surface area contributed by atoms with Crippen LogP contribution >= 0.6 is 11.5 Å². The fourth-order valence-corrected chi connectivity index (χ4v) is 2.92. The molecule has 3 nitrogen and oxygen atoms in total. The average Bonchev–Trinajstić information content (AvgIpc) is 2.93. The topological polar surface area (TPSA) is 50.9 Å². The van der Waals surface area contributed by atoms with E-state index in [1.165, 1.54) is 11.5 Å². The van der Waals surface area contributed by atoms with Gasteiger partial charge in [0.1, 0.15) is 0 Å².